The highest BCUT2D eigenvalue weighted by molar-refractivity contribution is 5.89. The summed E-state index contributed by atoms with van der Waals surface area (Å²) in [6.07, 6.45) is 1.32. The maximum atomic E-state index is 11.9. The van der Waals surface area contributed by atoms with Crippen molar-refractivity contribution in [3.8, 4) is 5.75 Å². The lowest BCUT2D eigenvalue weighted by molar-refractivity contribution is -0.127. The van der Waals surface area contributed by atoms with Gasteiger partial charge in [-0.05, 0) is 18.1 Å². The summed E-state index contributed by atoms with van der Waals surface area (Å²) in [7, 11) is 1.65. The summed E-state index contributed by atoms with van der Waals surface area (Å²) >= 11 is 0. The molecule has 1 aliphatic rings. The Morgan fingerprint density at radius 3 is 2.73 bits per heavy atom. The molecule has 1 aromatic carbocycles. The number of fused-ring (bicyclic) bond motifs is 1. The van der Waals surface area contributed by atoms with Gasteiger partial charge in [0, 0.05) is 17.4 Å². The lowest BCUT2D eigenvalue weighted by atomic mass is 9.73. The quantitative estimate of drug-likeness (QED) is 0.702. The van der Waals surface area contributed by atoms with Gasteiger partial charge in [0.05, 0.1) is 7.11 Å². The highest BCUT2D eigenvalue weighted by Crippen LogP contribution is 2.36. The van der Waals surface area contributed by atoms with Crippen LogP contribution in [0.1, 0.15) is 25.0 Å². The molecule has 15 heavy (non-hydrogen) atoms. The van der Waals surface area contributed by atoms with Gasteiger partial charge in [-0.1, -0.05) is 26.0 Å². The van der Waals surface area contributed by atoms with E-state index in [0.29, 0.717) is 12.2 Å². The number of ether oxygens (including phenoxy) is 1. The van der Waals surface area contributed by atoms with Gasteiger partial charge < -0.3 is 4.74 Å². The number of ketones is 1. The Labute approximate surface area is 90.3 Å². The van der Waals surface area contributed by atoms with Gasteiger partial charge in [-0.25, -0.2) is 0 Å². The first kappa shape index (κ1) is 10.2. The standard InChI is InChI=1S/C13H16O2/c1-13(2)8-9-5-4-6-11(15-3)10(9)7-12(13)14/h4-6H,7-8H2,1-3H3. The van der Waals surface area contributed by atoms with Gasteiger partial charge in [0.25, 0.3) is 0 Å². The zero-order chi connectivity index (χ0) is 11.1. The second-order valence-electron chi connectivity index (χ2n) is 4.76. The third-order valence-electron chi connectivity index (χ3n) is 3.17. The molecule has 1 aromatic rings. The average Bonchev–Trinajstić information content (AvgIpc) is 2.18. The van der Waals surface area contributed by atoms with E-state index in [1.165, 1.54) is 5.56 Å². The van der Waals surface area contributed by atoms with Gasteiger partial charge in [-0.3, -0.25) is 4.79 Å². The van der Waals surface area contributed by atoms with Crippen LogP contribution in [0, 0.1) is 5.41 Å². The molecule has 0 bridgehead atoms. The van der Waals surface area contributed by atoms with Gasteiger partial charge in [-0.15, -0.1) is 0 Å². The van der Waals surface area contributed by atoms with E-state index >= 15 is 0 Å². The molecular formula is C13H16O2. The molecule has 0 fully saturated rings. The molecule has 2 nitrogen and oxygen atoms in total. The molecule has 0 amide bonds. The van der Waals surface area contributed by atoms with Gasteiger partial charge in [0.15, 0.2) is 0 Å². The van der Waals surface area contributed by atoms with E-state index in [4.69, 9.17) is 4.74 Å². The van der Waals surface area contributed by atoms with Crippen LogP contribution in [0.25, 0.3) is 0 Å². The van der Waals surface area contributed by atoms with Crippen molar-refractivity contribution >= 4 is 5.78 Å². The highest BCUT2D eigenvalue weighted by Gasteiger charge is 2.34. The Morgan fingerprint density at radius 2 is 2.07 bits per heavy atom. The fourth-order valence-electron chi connectivity index (χ4n) is 2.14. The Morgan fingerprint density at radius 1 is 1.33 bits per heavy atom. The predicted molar refractivity (Wildman–Crippen MR) is 59.2 cm³/mol. The number of benzene rings is 1. The van der Waals surface area contributed by atoms with Crippen molar-refractivity contribution in [2.24, 2.45) is 5.41 Å². The zero-order valence-electron chi connectivity index (χ0n) is 9.46. The van der Waals surface area contributed by atoms with E-state index < -0.39 is 0 Å². The minimum absolute atomic E-state index is 0.223. The van der Waals surface area contributed by atoms with Gasteiger partial charge in [-0.2, -0.15) is 0 Å². The van der Waals surface area contributed by atoms with Crippen LogP contribution in [0.3, 0.4) is 0 Å². The highest BCUT2D eigenvalue weighted by atomic mass is 16.5. The van der Waals surface area contributed by atoms with Crippen molar-refractivity contribution in [1.82, 2.24) is 0 Å². The number of hydrogen-bond acceptors (Lipinski definition) is 2. The summed E-state index contributed by atoms with van der Waals surface area (Å²) in [5.74, 6) is 1.15. The maximum absolute atomic E-state index is 11.9. The summed E-state index contributed by atoms with van der Waals surface area (Å²) in [5, 5.41) is 0. The molecular weight excluding hydrogens is 188 g/mol. The van der Waals surface area contributed by atoms with Crippen molar-refractivity contribution in [3.05, 3.63) is 29.3 Å². The number of carbonyl (C=O) groups excluding carboxylic acids is 1. The lowest BCUT2D eigenvalue weighted by Crippen LogP contribution is -2.33. The molecule has 1 aliphatic carbocycles. The van der Waals surface area contributed by atoms with Crippen LogP contribution in [0.4, 0.5) is 0 Å². The monoisotopic (exact) mass is 204 g/mol. The Kier molecular flexibility index (Phi) is 2.29. The number of rotatable bonds is 1. The Balaban J connectivity index is 2.49. The van der Waals surface area contributed by atoms with Crippen LogP contribution >= 0.6 is 0 Å². The largest absolute Gasteiger partial charge is 0.496 e. The SMILES string of the molecule is COc1cccc2c1CC(=O)C(C)(C)C2. The first-order chi connectivity index (χ1) is 7.04. The van der Waals surface area contributed by atoms with Gasteiger partial charge in [0.1, 0.15) is 11.5 Å². The van der Waals surface area contributed by atoms with E-state index in [9.17, 15) is 4.79 Å². The molecule has 0 aliphatic heterocycles. The van der Waals surface area contributed by atoms with E-state index in [0.717, 1.165) is 17.7 Å². The summed E-state index contributed by atoms with van der Waals surface area (Å²) < 4.78 is 5.28. The second kappa shape index (κ2) is 3.37. The molecule has 0 spiro atoms. The Hall–Kier alpha value is -1.31. The zero-order valence-corrected chi connectivity index (χ0v) is 9.46. The molecule has 0 atom stereocenters. The molecule has 2 rings (SSSR count). The van der Waals surface area contributed by atoms with Crippen LogP contribution < -0.4 is 4.74 Å². The van der Waals surface area contributed by atoms with Crippen molar-refractivity contribution < 1.29 is 9.53 Å². The van der Waals surface area contributed by atoms with Crippen molar-refractivity contribution in [2.45, 2.75) is 26.7 Å². The second-order valence-corrected chi connectivity index (χ2v) is 4.76. The fourth-order valence-corrected chi connectivity index (χ4v) is 2.14. The van der Waals surface area contributed by atoms with E-state index in [1.54, 1.807) is 7.11 Å². The van der Waals surface area contributed by atoms with Crippen molar-refractivity contribution in [1.29, 1.82) is 0 Å². The molecule has 0 saturated heterocycles. The first-order valence-corrected chi connectivity index (χ1v) is 5.22. The summed E-state index contributed by atoms with van der Waals surface area (Å²) in [6.45, 7) is 4.02. The maximum Gasteiger partial charge on any atom is 0.143 e. The van der Waals surface area contributed by atoms with Crippen LogP contribution in [0.2, 0.25) is 0 Å². The normalized spacial score (nSPS) is 18.5. The number of hydrogen-bond donors (Lipinski definition) is 0. The van der Waals surface area contributed by atoms with Crippen LogP contribution in [0.5, 0.6) is 5.75 Å². The van der Waals surface area contributed by atoms with Crippen molar-refractivity contribution in [2.75, 3.05) is 7.11 Å². The smallest absolute Gasteiger partial charge is 0.143 e. The molecule has 0 N–H and O–H groups in total. The molecule has 0 radical (unpaired) electrons. The Bertz CT molecular complexity index is 405. The third kappa shape index (κ3) is 1.65. The lowest BCUT2D eigenvalue weighted by Gasteiger charge is -2.30. The number of Topliss-reactive ketones (excluding diaryl/α,β-unsaturated/α-hetero) is 1. The van der Waals surface area contributed by atoms with Gasteiger partial charge >= 0.3 is 0 Å². The topological polar surface area (TPSA) is 26.3 Å². The van der Waals surface area contributed by atoms with Gasteiger partial charge in [0.2, 0.25) is 0 Å². The summed E-state index contributed by atoms with van der Waals surface area (Å²) in [5.41, 5.74) is 2.10. The third-order valence-corrected chi connectivity index (χ3v) is 3.17. The number of carbonyl (C=O) groups is 1. The molecule has 0 heterocycles. The van der Waals surface area contributed by atoms with Crippen LogP contribution in [-0.2, 0) is 17.6 Å². The molecule has 0 saturated carbocycles. The van der Waals surface area contributed by atoms with Crippen molar-refractivity contribution in [3.63, 3.8) is 0 Å². The van der Waals surface area contributed by atoms with E-state index in [2.05, 4.69) is 6.07 Å². The number of methoxy groups -OCH3 is 1. The first-order valence-electron chi connectivity index (χ1n) is 5.22. The molecule has 2 heteroatoms. The average molecular weight is 204 g/mol. The summed E-state index contributed by atoms with van der Waals surface area (Å²) in [4.78, 5) is 11.9. The molecule has 80 valence electrons. The summed E-state index contributed by atoms with van der Waals surface area (Å²) in [6, 6.07) is 6.00. The minimum Gasteiger partial charge on any atom is -0.496 e. The van der Waals surface area contributed by atoms with Crippen LogP contribution in [-0.4, -0.2) is 12.9 Å². The van der Waals surface area contributed by atoms with E-state index in [-0.39, 0.29) is 5.41 Å². The molecule has 0 aromatic heterocycles. The van der Waals surface area contributed by atoms with E-state index in [1.807, 2.05) is 26.0 Å². The fraction of sp³-hybridized carbons (Fsp3) is 0.462. The molecule has 0 unspecified atom stereocenters. The minimum atomic E-state index is -0.223. The van der Waals surface area contributed by atoms with Crippen LogP contribution in [0.15, 0.2) is 18.2 Å². The predicted octanol–water partition coefficient (Wildman–Crippen LogP) is 2.39.